The van der Waals surface area contributed by atoms with E-state index in [9.17, 15) is 8.42 Å². The van der Waals surface area contributed by atoms with Crippen LogP contribution in [-0.2, 0) is 9.84 Å². The Kier molecular flexibility index (Phi) is 5.99. The van der Waals surface area contributed by atoms with Gasteiger partial charge in [-0.1, -0.05) is 97.1 Å². The van der Waals surface area contributed by atoms with Gasteiger partial charge in [0.2, 0.25) is 9.84 Å². The van der Waals surface area contributed by atoms with Gasteiger partial charge in [-0.15, -0.1) is 0 Å². The molecule has 2 aliphatic rings. The van der Waals surface area contributed by atoms with Gasteiger partial charge in [0.1, 0.15) is 0 Å². The fourth-order valence-electron chi connectivity index (χ4n) is 8.42. The van der Waals surface area contributed by atoms with Crippen molar-refractivity contribution in [2.75, 3.05) is 9.80 Å². The Labute approximate surface area is 300 Å². The van der Waals surface area contributed by atoms with Crippen LogP contribution in [0, 0.1) is 0 Å². The van der Waals surface area contributed by atoms with Crippen molar-refractivity contribution in [3.63, 3.8) is 0 Å². The normalized spacial score (nSPS) is 14.0. The monoisotopic (exact) mass is 687 g/mol. The largest absolute Gasteiger partial charge is 0.309 e. The molecule has 0 saturated carbocycles. The highest BCUT2D eigenvalue weighted by molar-refractivity contribution is 7.92. The second kappa shape index (κ2) is 10.7. The minimum absolute atomic E-state index is 0.284. The molecule has 0 spiro atoms. The summed E-state index contributed by atoms with van der Waals surface area (Å²) in [6, 6.07) is 59.7. The highest BCUT2D eigenvalue weighted by Gasteiger charge is 2.38. The van der Waals surface area contributed by atoms with Crippen LogP contribution < -0.4 is 9.80 Å². The van der Waals surface area contributed by atoms with E-state index in [4.69, 9.17) is 0 Å². The molecular weight excluding hydrogens is 659 g/mol. The molecule has 0 aliphatic carbocycles. The Morgan fingerprint density at radius 3 is 1.87 bits per heavy atom. The van der Waals surface area contributed by atoms with E-state index in [0.717, 1.165) is 72.1 Å². The predicted molar refractivity (Wildman–Crippen MR) is 212 cm³/mol. The Balaban J connectivity index is 1.22. The van der Waals surface area contributed by atoms with Crippen LogP contribution >= 0.6 is 0 Å². The van der Waals surface area contributed by atoms with Crippen molar-refractivity contribution >= 4 is 76.5 Å². The van der Waals surface area contributed by atoms with Crippen molar-refractivity contribution < 1.29 is 8.42 Å². The smallest absolute Gasteiger partial charge is 0.210 e. The van der Waals surface area contributed by atoms with Gasteiger partial charge in [0.25, 0.3) is 0 Å². The first-order valence-electron chi connectivity index (χ1n) is 17.4. The highest BCUT2D eigenvalue weighted by atomic mass is 32.2. The van der Waals surface area contributed by atoms with E-state index in [1.54, 1.807) is 12.1 Å². The van der Waals surface area contributed by atoms with Crippen molar-refractivity contribution in [3.05, 3.63) is 176 Å². The van der Waals surface area contributed by atoms with Crippen LogP contribution in [0.5, 0.6) is 0 Å². The third-order valence-electron chi connectivity index (χ3n) is 10.6. The Hall–Kier alpha value is -6.63. The fourth-order valence-corrected chi connectivity index (χ4v) is 10.0. The lowest BCUT2D eigenvalue weighted by atomic mass is 9.90. The van der Waals surface area contributed by atoms with Gasteiger partial charge < -0.3 is 14.4 Å². The maximum absolute atomic E-state index is 14.6. The summed E-state index contributed by atoms with van der Waals surface area (Å²) in [5, 5.41) is 4.54. The quantitative estimate of drug-likeness (QED) is 0.185. The Morgan fingerprint density at radius 1 is 0.385 bits per heavy atom. The number of sulfone groups is 1. The van der Waals surface area contributed by atoms with E-state index in [1.165, 1.54) is 0 Å². The number of hydrogen-bond donors (Lipinski definition) is 0. The molecule has 52 heavy (non-hydrogen) atoms. The number of rotatable bonds is 3. The summed E-state index contributed by atoms with van der Waals surface area (Å²) in [7, 11) is -3.87. The molecule has 0 atom stereocenters. The maximum atomic E-state index is 14.6. The molecule has 0 amide bonds. The van der Waals surface area contributed by atoms with E-state index >= 15 is 0 Å². The lowest BCUT2D eigenvalue weighted by Gasteiger charge is -2.38. The van der Waals surface area contributed by atoms with Gasteiger partial charge in [-0.3, -0.25) is 0 Å². The number of nitrogens with zero attached hydrogens (tertiary/aromatic N) is 3. The van der Waals surface area contributed by atoms with Gasteiger partial charge in [-0.05, 0) is 89.8 Å². The van der Waals surface area contributed by atoms with Crippen molar-refractivity contribution in [3.8, 4) is 16.8 Å². The molecule has 2 aliphatic heterocycles. The molecule has 0 bridgehead atoms. The average molecular weight is 688 g/mol. The minimum Gasteiger partial charge on any atom is -0.309 e. The number of anilines is 6. The van der Waals surface area contributed by atoms with E-state index in [0.29, 0.717) is 16.3 Å². The molecular formula is C46H29N3O2S. The van der Waals surface area contributed by atoms with E-state index < -0.39 is 9.84 Å². The molecule has 246 valence electrons. The highest BCUT2D eigenvalue weighted by Crippen LogP contribution is 2.57. The van der Waals surface area contributed by atoms with Crippen molar-refractivity contribution in [2.24, 2.45) is 0 Å². The summed E-state index contributed by atoms with van der Waals surface area (Å²) in [6.07, 6.45) is 0. The van der Waals surface area contributed by atoms with Crippen LogP contribution in [0.15, 0.2) is 186 Å². The number of aromatic nitrogens is 1. The van der Waals surface area contributed by atoms with Gasteiger partial charge in [-0.25, -0.2) is 8.42 Å². The van der Waals surface area contributed by atoms with Gasteiger partial charge in [0, 0.05) is 38.8 Å². The zero-order valence-corrected chi connectivity index (χ0v) is 28.6. The molecule has 0 unspecified atom stereocenters. The number of hydrogen-bond acceptors (Lipinski definition) is 4. The molecule has 0 N–H and O–H groups in total. The van der Waals surface area contributed by atoms with Crippen LogP contribution in [0.4, 0.5) is 34.1 Å². The van der Waals surface area contributed by atoms with Crippen molar-refractivity contribution in [1.82, 2.24) is 4.57 Å². The first-order chi connectivity index (χ1) is 25.6. The molecule has 0 saturated heterocycles. The van der Waals surface area contributed by atoms with E-state index in [1.807, 2.05) is 54.6 Å². The summed E-state index contributed by atoms with van der Waals surface area (Å²) in [6.45, 7) is 0. The third-order valence-corrected chi connectivity index (χ3v) is 12.4. The second-order valence-corrected chi connectivity index (χ2v) is 15.3. The van der Waals surface area contributed by atoms with Crippen LogP contribution in [0.2, 0.25) is 0 Å². The number of fused-ring (bicyclic) bond motifs is 7. The zero-order chi connectivity index (χ0) is 34.6. The molecule has 1 aromatic heterocycles. The van der Waals surface area contributed by atoms with E-state index in [2.05, 4.69) is 124 Å². The van der Waals surface area contributed by atoms with Crippen LogP contribution in [0.25, 0.3) is 49.4 Å². The van der Waals surface area contributed by atoms with E-state index in [-0.39, 0.29) is 4.90 Å². The van der Waals surface area contributed by atoms with Crippen LogP contribution in [-0.4, -0.2) is 13.0 Å². The molecule has 11 rings (SSSR count). The molecule has 6 heteroatoms. The molecule has 3 heterocycles. The summed E-state index contributed by atoms with van der Waals surface area (Å²) in [5.74, 6) is 0. The maximum Gasteiger partial charge on any atom is 0.210 e. The van der Waals surface area contributed by atoms with Gasteiger partial charge in [-0.2, -0.15) is 0 Å². The fraction of sp³-hybridized carbons (Fsp3) is 0. The minimum atomic E-state index is -3.87. The summed E-state index contributed by atoms with van der Waals surface area (Å²) in [4.78, 5) is 4.92. The van der Waals surface area contributed by atoms with Crippen molar-refractivity contribution in [1.29, 1.82) is 0 Å². The average Bonchev–Trinajstić information content (AvgIpc) is 3.52. The standard InChI is InChI=1S/C46H29N3O2S/c50-52(51)44-24-10-9-22-40(44)48(32-17-5-2-6-18-32)43-28-37-35-20-11-13-30-14-12-23-41(46(30)35)49(42(37)29-45(43)52)33-25-26-39-36(27-33)34-19-7-8-21-38(34)47(39)31-15-3-1-4-16-31/h1-29H. The summed E-state index contributed by atoms with van der Waals surface area (Å²) in [5.41, 5.74) is 10.4. The third kappa shape index (κ3) is 3.95. The predicted octanol–water partition coefficient (Wildman–Crippen LogP) is 12.0. The van der Waals surface area contributed by atoms with Gasteiger partial charge >= 0.3 is 0 Å². The zero-order valence-electron chi connectivity index (χ0n) is 27.8. The lowest BCUT2D eigenvalue weighted by molar-refractivity contribution is 0.595. The Morgan fingerprint density at radius 2 is 1.04 bits per heavy atom. The number of para-hydroxylation sites is 4. The topological polar surface area (TPSA) is 45.6 Å². The molecule has 0 fully saturated rings. The second-order valence-electron chi connectivity index (χ2n) is 13.4. The van der Waals surface area contributed by atoms with Crippen LogP contribution in [0.3, 0.4) is 0 Å². The number of benzene rings is 8. The molecule has 0 radical (unpaired) electrons. The summed E-state index contributed by atoms with van der Waals surface area (Å²) < 4.78 is 31.6. The first kappa shape index (κ1) is 29.1. The molecule has 8 aromatic carbocycles. The molecule has 5 nitrogen and oxygen atoms in total. The van der Waals surface area contributed by atoms with Gasteiger partial charge in [0.15, 0.2) is 0 Å². The van der Waals surface area contributed by atoms with Crippen LogP contribution in [0.1, 0.15) is 0 Å². The SMILES string of the molecule is O=S1(=O)c2ccccc2N(c2ccccc2)c2cc3c(cc21)N(c1ccc2c(c1)c1ccccc1n2-c1ccccc1)c1cccc2cccc-3c12. The molecule has 9 aromatic rings. The summed E-state index contributed by atoms with van der Waals surface area (Å²) >= 11 is 0. The Bertz CT molecular complexity index is 3040. The first-order valence-corrected chi connectivity index (χ1v) is 18.8. The van der Waals surface area contributed by atoms with Gasteiger partial charge in [0.05, 0.1) is 43.6 Å². The van der Waals surface area contributed by atoms with Crippen molar-refractivity contribution in [2.45, 2.75) is 9.79 Å². The lowest BCUT2D eigenvalue weighted by Crippen LogP contribution is -2.24.